The Morgan fingerprint density at radius 2 is 1.37 bits per heavy atom. The SMILES string of the molecule is CC[C@H]1OC(=O)[C@H](C)[C@@H](C2C[C@@](C)(OC)[C@@H](O)[C@H](C)O2)[C@H](C)[C@@H](O[C@@H]2O[C@H](C)C[C@H](N(C)C)[C@H]2O)[C@](C)(O)C[C@@H](C)CN(C(=O)CCCCCCC[PH](c2ccccc2)(c2ccccc2)c2ccccc2CN(C)C)[C@H](C)[C@@H](O)[C@]1(C)O. The van der Waals surface area contributed by atoms with Crippen LogP contribution in [0.4, 0.5) is 0 Å². The molecule has 3 aliphatic rings. The Morgan fingerprint density at radius 1 is 0.780 bits per heavy atom. The van der Waals surface area contributed by atoms with Gasteiger partial charge in [-0.05, 0) is 67.5 Å². The van der Waals surface area contributed by atoms with Gasteiger partial charge in [-0.1, -0.05) is 20.8 Å². The van der Waals surface area contributed by atoms with Crippen LogP contribution in [0.15, 0.2) is 84.9 Å². The van der Waals surface area contributed by atoms with Crippen molar-refractivity contribution in [2.75, 3.05) is 48.0 Å². The van der Waals surface area contributed by atoms with E-state index in [-0.39, 0.29) is 50.3 Å². The molecule has 15 nitrogen and oxygen atoms in total. The molecule has 5 N–H and O–H groups in total. The number of hydrogen-bond donors (Lipinski definition) is 5. The number of ether oxygens (including phenoxy) is 5. The van der Waals surface area contributed by atoms with Crippen molar-refractivity contribution in [2.24, 2.45) is 23.7 Å². The molecule has 3 aliphatic heterocycles. The van der Waals surface area contributed by atoms with E-state index < -0.39 is 109 Å². The molecule has 16 heteroatoms. The molecule has 0 radical (unpaired) electrons. The third-order valence-corrected chi connectivity index (χ3v) is 24.2. The predicted octanol–water partition coefficient (Wildman–Crippen LogP) is 7.20. The summed E-state index contributed by atoms with van der Waals surface area (Å²) in [6.07, 6.45) is -2.28. The third-order valence-electron chi connectivity index (χ3n) is 19.0. The molecule has 462 valence electrons. The normalized spacial score (nSPS) is 35.9. The van der Waals surface area contributed by atoms with Crippen LogP contribution in [0.5, 0.6) is 0 Å². The van der Waals surface area contributed by atoms with E-state index in [0.717, 1.165) is 38.4 Å². The van der Waals surface area contributed by atoms with Crippen LogP contribution in [0, 0.1) is 23.7 Å². The Balaban J connectivity index is 1.28. The molecule has 3 heterocycles. The minimum Gasteiger partial charge on any atom is -0.383 e. The maximum atomic E-state index is 14.9. The first-order valence-corrected chi connectivity index (χ1v) is 32.9. The summed E-state index contributed by atoms with van der Waals surface area (Å²) in [4.78, 5) is 35.6. The number of hydrogen-bond acceptors (Lipinski definition) is 14. The van der Waals surface area contributed by atoms with Gasteiger partial charge in [0.15, 0.2) is 6.29 Å². The summed E-state index contributed by atoms with van der Waals surface area (Å²) in [6, 6.07) is 29.8. The van der Waals surface area contributed by atoms with E-state index in [2.05, 4.69) is 104 Å². The van der Waals surface area contributed by atoms with Crippen LogP contribution in [0.1, 0.15) is 139 Å². The van der Waals surface area contributed by atoms with Gasteiger partial charge < -0.3 is 49.0 Å². The average Bonchev–Trinajstić information content (AvgIpc) is 3.59. The Morgan fingerprint density at radius 3 is 1.95 bits per heavy atom. The number of cyclic esters (lactones) is 1. The van der Waals surface area contributed by atoms with Gasteiger partial charge in [0.25, 0.3) is 0 Å². The van der Waals surface area contributed by atoms with Crippen LogP contribution in [0.25, 0.3) is 0 Å². The van der Waals surface area contributed by atoms with Gasteiger partial charge >= 0.3 is 261 Å². The van der Waals surface area contributed by atoms with Gasteiger partial charge in [-0.2, -0.15) is 0 Å². The van der Waals surface area contributed by atoms with Crippen molar-refractivity contribution in [1.82, 2.24) is 14.7 Å². The molecule has 18 atom stereocenters. The van der Waals surface area contributed by atoms with Crippen molar-refractivity contribution < 1.29 is 58.8 Å². The first-order chi connectivity index (χ1) is 38.6. The number of carbonyl (C=O) groups excluding carboxylic acids is 2. The monoisotopic (exact) mass is 1160 g/mol. The Kier molecular flexibility index (Phi) is 24.2. The van der Waals surface area contributed by atoms with E-state index in [1.807, 2.05) is 46.7 Å². The van der Waals surface area contributed by atoms with Gasteiger partial charge in [-0.15, -0.1) is 0 Å². The molecule has 3 aromatic rings. The first kappa shape index (κ1) is 67.7. The predicted molar refractivity (Wildman–Crippen MR) is 328 cm³/mol. The van der Waals surface area contributed by atoms with Crippen molar-refractivity contribution in [1.29, 1.82) is 0 Å². The van der Waals surface area contributed by atoms with Gasteiger partial charge in [0, 0.05) is 25.5 Å². The van der Waals surface area contributed by atoms with Crippen molar-refractivity contribution in [2.45, 2.75) is 224 Å². The molecule has 6 rings (SSSR count). The molecule has 3 aromatic carbocycles. The molecule has 0 aliphatic carbocycles. The number of carbonyl (C=O) groups is 2. The summed E-state index contributed by atoms with van der Waals surface area (Å²) in [7, 11) is 7.06. The zero-order valence-electron chi connectivity index (χ0n) is 52.4. The fourth-order valence-corrected chi connectivity index (χ4v) is 19.7. The second-order valence-electron chi connectivity index (χ2n) is 26.2. The zero-order chi connectivity index (χ0) is 60.5. The topological polar surface area (TPSA) is 191 Å². The molecule has 0 saturated carbocycles. The van der Waals surface area contributed by atoms with Crippen molar-refractivity contribution in [3.8, 4) is 0 Å². The number of likely N-dealkylation sites (N-methyl/N-ethyl adjacent to an activating group) is 1. The van der Waals surface area contributed by atoms with E-state index in [4.69, 9.17) is 23.7 Å². The van der Waals surface area contributed by atoms with E-state index in [9.17, 15) is 35.1 Å². The van der Waals surface area contributed by atoms with Gasteiger partial charge in [0.2, 0.25) is 0 Å². The van der Waals surface area contributed by atoms with Gasteiger partial charge in [0.05, 0.1) is 41.5 Å². The number of benzene rings is 3. The van der Waals surface area contributed by atoms with Crippen LogP contribution < -0.4 is 15.9 Å². The van der Waals surface area contributed by atoms with Crippen molar-refractivity contribution in [3.05, 3.63) is 90.5 Å². The van der Waals surface area contributed by atoms with E-state index in [1.54, 1.807) is 39.5 Å². The Hall–Kier alpha value is -3.41. The summed E-state index contributed by atoms with van der Waals surface area (Å²) in [5, 5.41) is 65.5. The summed E-state index contributed by atoms with van der Waals surface area (Å²) >= 11 is 0. The Labute approximate surface area is 492 Å². The third kappa shape index (κ3) is 15.6. The molecule has 82 heavy (non-hydrogen) atoms. The van der Waals surface area contributed by atoms with E-state index in [1.165, 1.54) is 35.5 Å². The molecule has 3 saturated heterocycles. The van der Waals surface area contributed by atoms with Crippen LogP contribution in [-0.2, 0) is 39.8 Å². The summed E-state index contributed by atoms with van der Waals surface area (Å²) in [5.74, 6) is -3.70. The number of aliphatic hydroxyl groups excluding tert-OH is 3. The molecule has 0 aromatic heterocycles. The van der Waals surface area contributed by atoms with Gasteiger partial charge in [0.1, 0.15) is 18.3 Å². The summed E-state index contributed by atoms with van der Waals surface area (Å²) < 4.78 is 32.3. The number of rotatable bonds is 19. The first-order valence-electron chi connectivity index (χ1n) is 30.7. The second-order valence-corrected chi connectivity index (χ2v) is 30.2. The summed E-state index contributed by atoms with van der Waals surface area (Å²) in [5.41, 5.74) is -3.41. The van der Waals surface area contributed by atoms with E-state index in [0.29, 0.717) is 12.8 Å². The zero-order valence-corrected chi connectivity index (χ0v) is 53.4. The number of esters is 1. The second kappa shape index (κ2) is 29.3. The molecular formula is C66H106N3O12P. The van der Waals surface area contributed by atoms with Crippen LogP contribution in [0.2, 0.25) is 0 Å². The molecule has 0 spiro atoms. The minimum atomic E-state index is -2.51. The van der Waals surface area contributed by atoms with Gasteiger partial charge in [-0.3, -0.25) is 4.79 Å². The fourth-order valence-electron chi connectivity index (χ4n) is 14.5. The Bertz CT molecular complexity index is 2410. The fraction of sp³-hybridized carbons (Fsp3) is 0.697. The number of unbranched alkanes of at least 4 members (excludes halogenated alkanes) is 4. The van der Waals surface area contributed by atoms with Crippen molar-refractivity contribution in [3.63, 3.8) is 0 Å². The van der Waals surface area contributed by atoms with Crippen LogP contribution in [0.3, 0.4) is 0 Å². The molecular weight excluding hydrogens is 1060 g/mol. The van der Waals surface area contributed by atoms with Gasteiger partial charge in [-0.25, -0.2) is 0 Å². The smallest absolute Gasteiger partial charge is 0.383 e. The molecule has 3 fully saturated rings. The number of nitrogens with zero attached hydrogens (tertiary/aromatic N) is 3. The number of methoxy groups -OCH3 is 1. The molecule has 1 amide bonds. The maximum absolute atomic E-state index is 14.9. The number of amides is 1. The average molecular weight is 1160 g/mol. The molecule has 1 unspecified atom stereocenters. The van der Waals surface area contributed by atoms with Crippen LogP contribution >= 0.6 is 7.26 Å². The number of aliphatic hydroxyl groups is 5. The summed E-state index contributed by atoms with van der Waals surface area (Å²) in [6.45, 7) is 18.7. The van der Waals surface area contributed by atoms with Crippen molar-refractivity contribution >= 4 is 35.1 Å². The standard InChI is InChI=1S/C66H106N3O12P/c1-16-55-66(10,76)59(72)47(6)69(56(70)36-26-18-17-19-29-37-82(50-31-22-20-23-32-50,51-33-24-21-25-34-51)54-35-28-27-30-49(54)42-67(11)12)41-43(2)39-64(8,75)61(81-63-58(71)52(68(13)14)38-44(3)78-63)45(4)57(46(5)62(74)80-55)53-40-65(9,77-15)60(73)48(7)79-53/h20-25,27-28,30-35,43-48,52-53,55,57-61,63,71-73,75-76,82H,16-19,26,29,36-42H2,1-15H3/t43-,44-,45+,46-,47-,48+,52+,53?,55-,57+,58-,59-,60+,61-,63+,64-,65-,66-/m1/s1. The molecule has 0 bridgehead atoms. The van der Waals surface area contributed by atoms with E-state index >= 15 is 0 Å². The van der Waals surface area contributed by atoms with Crippen LogP contribution in [-0.4, -0.2) is 184 Å². The quantitative estimate of drug-likeness (QED) is 0.0460. The minimum absolute atomic E-state index is 0.0937.